The monoisotopic (exact) mass is 482 g/mol. The number of carbonyl (C=O) groups is 1. The molecule has 0 bridgehead atoms. The van der Waals surface area contributed by atoms with E-state index in [4.69, 9.17) is 0 Å². The van der Waals surface area contributed by atoms with Gasteiger partial charge in [0.05, 0.1) is 17.4 Å². The van der Waals surface area contributed by atoms with E-state index in [1.54, 1.807) is 28.8 Å². The second-order valence-electron chi connectivity index (χ2n) is 7.28. The summed E-state index contributed by atoms with van der Waals surface area (Å²) >= 11 is 3.37. The standard InChI is InChI=1S/C23H20BrFN4O2/c1-14-15(2)29(19-8-4-6-17(25)12-19)22-21(14)23(31)28(13-26-22)10-9-20(30)27-18-7-3-5-16(24)11-18/h3-8,11-13H,9-10H2,1-2H3,(H,27,30). The number of amides is 1. The highest BCUT2D eigenvalue weighted by Crippen LogP contribution is 2.25. The maximum Gasteiger partial charge on any atom is 0.263 e. The number of fused-ring (bicyclic) bond motifs is 1. The van der Waals surface area contributed by atoms with Gasteiger partial charge in [-0.25, -0.2) is 9.37 Å². The lowest BCUT2D eigenvalue weighted by molar-refractivity contribution is -0.116. The van der Waals surface area contributed by atoms with Gasteiger partial charge in [-0.3, -0.25) is 18.7 Å². The first-order valence-corrected chi connectivity index (χ1v) is 10.5. The number of aromatic nitrogens is 3. The molecular weight excluding hydrogens is 463 g/mol. The van der Waals surface area contributed by atoms with Gasteiger partial charge in [0.15, 0.2) is 5.65 Å². The second kappa shape index (κ2) is 8.47. The fraction of sp³-hybridized carbons (Fsp3) is 0.174. The molecular formula is C23H20BrFN4O2. The predicted molar refractivity (Wildman–Crippen MR) is 122 cm³/mol. The molecule has 0 aliphatic rings. The van der Waals surface area contributed by atoms with Crippen LogP contribution in [0.2, 0.25) is 0 Å². The first kappa shape index (κ1) is 21.0. The van der Waals surface area contributed by atoms with Crippen LogP contribution < -0.4 is 10.9 Å². The summed E-state index contributed by atoms with van der Waals surface area (Å²) in [5.74, 6) is -0.559. The third-order valence-electron chi connectivity index (χ3n) is 5.24. The number of hydrogen-bond acceptors (Lipinski definition) is 3. The molecule has 0 saturated heterocycles. The van der Waals surface area contributed by atoms with E-state index in [0.29, 0.717) is 22.4 Å². The quantitative estimate of drug-likeness (QED) is 0.446. The Hall–Kier alpha value is -3.26. The summed E-state index contributed by atoms with van der Waals surface area (Å²) in [4.78, 5) is 29.9. The molecule has 0 radical (unpaired) electrons. The van der Waals surface area contributed by atoms with Gasteiger partial charge < -0.3 is 5.32 Å². The Morgan fingerprint density at radius 3 is 2.68 bits per heavy atom. The third kappa shape index (κ3) is 4.16. The second-order valence-corrected chi connectivity index (χ2v) is 8.19. The van der Waals surface area contributed by atoms with Gasteiger partial charge in [-0.1, -0.05) is 28.1 Å². The van der Waals surface area contributed by atoms with Gasteiger partial charge in [-0.15, -0.1) is 0 Å². The zero-order valence-corrected chi connectivity index (χ0v) is 18.6. The van der Waals surface area contributed by atoms with E-state index in [0.717, 1.165) is 15.7 Å². The lowest BCUT2D eigenvalue weighted by Crippen LogP contribution is -2.24. The van der Waals surface area contributed by atoms with Crippen molar-refractivity contribution in [1.82, 2.24) is 14.1 Å². The molecule has 0 unspecified atom stereocenters. The number of halogens is 2. The van der Waals surface area contributed by atoms with E-state index in [1.165, 1.54) is 23.0 Å². The molecule has 2 aromatic heterocycles. The molecule has 4 aromatic rings. The number of carbonyl (C=O) groups excluding carboxylic acids is 1. The Morgan fingerprint density at radius 1 is 1.16 bits per heavy atom. The molecule has 0 atom stereocenters. The molecule has 8 heteroatoms. The van der Waals surface area contributed by atoms with Crippen molar-refractivity contribution in [1.29, 1.82) is 0 Å². The third-order valence-corrected chi connectivity index (χ3v) is 5.73. The van der Waals surface area contributed by atoms with Crippen molar-refractivity contribution in [3.8, 4) is 5.69 Å². The van der Waals surface area contributed by atoms with Crippen molar-refractivity contribution in [2.24, 2.45) is 0 Å². The van der Waals surface area contributed by atoms with Crippen LogP contribution in [0.3, 0.4) is 0 Å². The molecule has 158 valence electrons. The van der Waals surface area contributed by atoms with Crippen LogP contribution in [0.1, 0.15) is 17.7 Å². The van der Waals surface area contributed by atoms with Crippen LogP contribution in [0.25, 0.3) is 16.7 Å². The van der Waals surface area contributed by atoms with Crippen LogP contribution in [-0.2, 0) is 11.3 Å². The minimum atomic E-state index is -0.360. The summed E-state index contributed by atoms with van der Waals surface area (Å²) in [5.41, 5.74) is 3.13. The molecule has 1 N–H and O–H groups in total. The molecule has 31 heavy (non-hydrogen) atoms. The van der Waals surface area contributed by atoms with E-state index in [2.05, 4.69) is 26.2 Å². The van der Waals surface area contributed by atoms with Gasteiger partial charge in [0.1, 0.15) is 5.82 Å². The minimum Gasteiger partial charge on any atom is -0.326 e. The number of anilines is 1. The minimum absolute atomic E-state index is 0.127. The molecule has 2 aromatic carbocycles. The smallest absolute Gasteiger partial charge is 0.263 e. The average molecular weight is 483 g/mol. The molecule has 4 rings (SSSR count). The van der Waals surface area contributed by atoms with E-state index in [9.17, 15) is 14.0 Å². The number of aryl methyl sites for hydroxylation is 2. The topological polar surface area (TPSA) is 68.9 Å². The maximum absolute atomic E-state index is 13.7. The van der Waals surface area contributed by atoms with Crippen LogP contribution in [-0.4, -0.2) is 20.0 Å². The summed E-state index contributed by atoms with van der Waals surface area (Å²) in [6.45, 7) is 3.92. The van der Waals surface area contributed by atoms with Gasteiger partial charge in [-0.05, 0) is 55.8 Å². The highest BCUT2D eigenvalue weighted by atomic mass is 79.9. The van der Waals surface area contributed by atoms with Crippen LogP contribution in [0.15, 0.2) is 64.1 Å². The van der Waals surface area contributed by atoms with Crippen molar-refractivity contribution in [3.05, 3.63) is 86.8 Å². The summed E-state index contributed by atoms with van der Waals surface area (Å²) in [6, 6.07) is 13.5. The molecule has 0 aliphatic carbocycles. The van der Waals surface area contributed by atoms with Crippen LogP contribution in [0, 0.1) is 19.7 Å². The van der Waals surface area contributed by atoms with E-state index in [-0.39, 0.29) is 30.2 Å². The normalized spacial score (nSPS) is 11.1. The Kier molecular flexibility index (Phi) is 5.73. The molecule has 1 amide bonds. The lowest BCUT2D eigenvalue weighted by atomic mass is 10.2. The molecule has 0 fully saturated rings. The van der Waals surface area contributed by atoms with E-state index in [1.807, 2.05) is 26.0 Å². The summed E-state index contributed by atoms with van der Waals surface area (Å²) < 4.78 is 17.8. The SMILES string of the molecule is Cc1c(C)n(-c2cccc(F)c2)c2ncn(CCC(=O)Nc3cccc(Br)c3)c(=O)c12. The van der Waals surface area contributed by atoms with Crippen molar-refractivity contribution >= 4 is 38.6 Å². The van der Waals surface area contributed by atoms with E-state index >= 15 is 0 Å². The fourth-order valence-corrected chi connectivity index (χ4v) is 3.99. The zero-order chi connectivity index (χ0) is 22.1. The molecule has 6 nitrogen and oxygen atoms in total. The van der Waals surface area contributed by atoms with Gasteiger partial charge in [0, 0.05) is 28.8 Å². The molecule has 0 spiro atoms. The predicted octanol–water partition coefficient (Wildman–Crippen LogP) is 4.73. The highest BCUT2D eigenvalue weighted by Gasteiger charge is 2.18. The highest BCUT2D eigenvalue weighted by molar-refractivity contribution is 9.10. The largest absolute Gasteiger partial charge is 0.326 e. The summed E-state index contributed by atoms with van der Waals surface area (Å²) in [6.07, 6.45) is 1.56. The molecule has 0 aliphatic heterocycles. The first-order chi connectivity index (χ1) is 14.8. The molecule has 2 heterocycles. The van der Waals surface area contributed by atoms with Gasteiger partial charge >= 0.3 is 0 Å². The lowest BCUT2D eigenvalue weighted by Gasteiger charge is -2.09. The van der Waals surface area contributed by atoms with Crippen LogP contribution >= 0.6 is 15.9 Å². The Labute approximate surface area is 186 Å². The summed E-state index contributed by atoms with van der Waals surface area (Å²) in [5, 5.41) is 3.29. The number of nitrogens with one attached hydrogen (secondary N) is 1. The zero-order valence-electron chi connectivity index (χ0n) is 17.0. The van der Waals surface area contributed by atoms with Gasteiger partial charge in [0.25, 0.3) is 5.56 Å². The number of benzene rings is 2. The van der Waals surface area contributed by atoms with E-state index < -0.39 is 0 Å². The van der Waals surface area contributed by atoms with Gasteiger partial charge in [0.2, 0.25) is 5.91 Å². The summed E-state index contributed by atoms with van der Waals surface area (Å²) in [7, 11) is 0. The van der Waals surface area contributed by atoms with Gasteiger partial charge in [-0.2, -0.15) is 0 Å². The number of rotatable bonds is 5. The van der Waals surface area contributed by atoms with Crippen LogP contribution in [0.4, 0.5) is 10.1 Å². The maximum atomic E-state index is 13.7. The first-order valence-electron chi connectivity index (χ1n) is 9.73. The van der Waals surface area contributed by atoms with Crippen molar-refractivity contribution in [3.63, 3.8) is 0 Å². The van der Waals surface area contributed by atoms with Crippen molar-refractivity contribution < 1.29 is 9.18 Å². The fourth-order valence-electron chi connectivity index (χ4n) is 3.59. The number of nitrogens with zero attached hydrogens (tertiary/aromatic N) is 3. The Balaban J connectivity index is 1.62. The Morgan fingerprint density at radius 2 is 1.94 bits per heavy atom. The average Bonchev–Trinajstić information content (AvgIpc) is 2.98. The van der Waals surface area contributed by atoms with Crippen LogP contribution in [0.5, 0.6) is 0 Å². The Bertz CT molecular complexity index is 1360. The molecule has 0 saturated carbocycles. The van der Waals surface area contributed by atoms with Crippen molar-refractivity contribution in [2.45, 2.75) is 26.8 Å². The number of hydrogen-bond donors (Lipinski definition) is 1. The van der Waals surface area contributed by atoms with Crippen molar-refractivity contribution in [2.75, 3.05) is 5.32 Å².